The van der Waals surface area contributed by atoms with Gasteiger partial charge < -0.3 is 14.0 Å². The van der Waals surface area contributed by atoms with Crippen molar-refractivity contribution >= 4 is 11.8 Å². The highest BCUT2D eigenvalue weighted by atomic mass is 32.2. The lowest BCUT2D eigenvalue weighted by Crippen LogP contribution is -2.23. The average molecular weight is 454 g/mol. The van der Waals surface area contributed by atoms with Crippen LogP contribution in [0.4, 0.5) is 0 Å². The number of rotatable bonds is 11. The Kier molecular flexibility index (Phi) is 8.14. The summed E-state index contributed by atoms with van der Waals surface area (Å²) in [6.45, 7) is 5.87. The van der Waals surface area contributed by atoms with Crippen LogP contribution in [0.25, 0.3) is 0 Å². The van der Waals surface area contributed by atoms with E-state index in [-0.39, 0.29) is 6.10 Å². The second-order valence-electron chi connectivity index (χ2n) is 8.00. The first-order chi connectivity index (χ1) is 15.7. The minimum atomic E-state index is 0.232. The molecule has 0 aliphatic carbocycles. The molecule has 1 atom stereocenters. The van der Waals surface area contributed by atoms with Gasteiger partial charge in [0.15, 0.2) is 5.16 Å². The number of ether oxygens (including phenoxy) is 2. The number of hydrogen-bond acceptors (Lipinski definition) is 7. The normalized spacial score (nSPS) is 16.0. The number of nitrogens with zero attached hydrogens (tertiary/aromatic N) is 5. The van der Waals surface area contributed by atoms with E-state index in [9.17, 15) is 0 Å². The summed E-state index contributed by atoms with van der Waals surface area (Å²) >= 11 is 1.68. The Labute approximate surface area is 194 Å². The molecule has 0 saturated carbocycles. The minimum absolute atomic E-state index is 0.232. The summed E-state index contributed by atoms with van der Waals surface area (Å²) in [4.78, 5) is 6.69. The fourth-order valence-corrected chi connectivity index (χ4v) is 4.69. The van der Waals surface area contributed by atoms with Gasteiger partial charge in [-0.3, -0.25) is 9.88 Å². The fraction of sp³-hybridized carbons (Fsp3) is 0.458. The van der Waals surface area contributed by atoms with E-state index in [2.05, 4.69) is 43.8 Å². The SMILES string of the molecule is CCOc1ccc(CN(C)Cc2nnc(SCc3ccccn3)n2C[C@H]2CCCO2)cc1. The smallest absolute Gasteiger partial charge is 0.191 e. The van der Waals surface area contributed by atoms with Crippen molar-refractivity contribution in [3.8, 4) is 5.75 Å². The maximum atomic E-state index is 5.91. The summed E-state index contributed by atoms with van der Waals surface area (Å²) in [5.74, 6) is 2.65. The van der Waals surface area contributed by atoms with Crippen LogP contribution in [0.5, 0.6) is 5.75 Å². The molecule has 3 heterocycles. The molecule has 2 aromatic heterocycles. The molecule has 0 N–H and O–H groups in total. The van der Waals surface area contributed by atoms with E-state index in [4.69, 9.17) is 9.47 Å². The number of aromatic nitrogens is 4. The molecular formula is C24H31N5O2S. The van der Waals surface area contributed by atoms with Crippen molar-refractivity contribution in [1.29, 1.82) is 0 Å². The lowest BCUT2D eigenvalue weighted by Gasteiger charge is -2.19. The number of pyridine rings is 1. The highest BCUT2D eigenvalue weighted by Crippen LogP contribution is 2.24. The van der Waals surface area contributed by atoms with E-state index < -0.39 is 0 Å². The minimum Gasteiger partial charge on any atom is -0.494 e. The molecule has 0 bridgehead atoms. The van der Waals surface area contributed by atoms with Crippen LogP contribution < -0.4 is 4.74 Å². The van der Waals surface area contributed by atoms with Gasteiger partial charge in [0.25, 0.3) is 0 Å². The van der Waals surface area contributed by atoms with Crippen molar-refractivity contribution in [3.63, 3.8) is 0 Å². The van der Waals surface area contributed by atoms with Gasteiger partial charge in [0, 0.05) is 25.1 Å². The zero-order valence-electron chi connectivity index (χ0n) is 18.8. The van der Waals surface area contributed by atoms with Crippen molar-refractivity contribution in [3.05, 3.63) is 65.7 Å². The summed E-state index contributed by atoms with van der Waals surface area (Å²) in [5, 5.41) is 9.99. The van der Waals surface area contributed by atoms with E-state index in [1.54, 1.807) is 11.8 Å². The Morgan fingerprint density at radius 1 is 1.16 bits per heavy atom. The van der Waals surface area contributed by atoms with Gasteiger partial charge in [-0.15, -0.1) is 10.2 Å². The van der Waals surface area contributed by atoms with Crippen molar-refractivity contribution < 1.29 is 9.47 Å². The van der Waals surface area contributed by atoms with Crippen LogP contribution in [0.2, 0.25) is 0 Å². The largest absolute Gasteiger partial charge is 0.494 e. The maximum absolute atomic E-state index is 5.91. The van der Waals surface area contributed by atoms with Crippen molar-refractivity contribution in [1.82, 2.24) is 24.6 Å². The second-order valence-corrected chi connectivity index (χ2v) is 8.95. The first-order valence-electron chi connectivity index (χ1n) is 11.2. The van der Waals surface area contributed by atoms with E-state index >= 15 is 0 Å². The van der Waals surface area contributed by atoms with Gasteiger partial charge in [0.1, 0.15) is 11.6 Å². The third-order valence-corrected chi connectivity index (χ3v) is 6.38. The molecule has 1 aliphatic heterocycles. The van der Waals surface area contributed by atoms with E-state index in [1.165, 1.54) is 5.56 Å². The average Bonchev–Trinajstić information content (AvgIpc) is 3.45. The zero-order valence-corrected chi connectivity index (χ0v) is 19.6. The Morgan fingerprint density at radius 2 is 2.03 bits per heavy atom. The number of benzene rings is 1. The number of hydrogen-bond donors (Lipinski definition) is 0. The maximum Gasteiger partial charge on any atom is 0.191 e. The van der Waals surface area contributed by atoms with Gasteiger partial charge in [-0.2, -0.15) is 0 Å². The van der Waals surface area contributed by atoms with Crippen LogP contribution >= 0.6 is 11.8 Å². The molecule has 1 fully saturated rings. The molecule has 0 spiro atoms. The molecule has 7 nitrogen and oxygen atoms in total. The van der Waals surface area contributed by atoms with E-state index in [1.807, 2.05) is 43.5 Å². The molecule has 1 aromatic carbocycles. The van der Waals surface area contributed by atoms with Gasteiger partial charge >= 0.3 is 0 Å². The molecule has 1 aliphatic rings. The van der Waals surface area contributed by atoms with Gasteiger partial charge in [0.2, 0.25) is 0 Å². The Morgan fingerprint density at radius 3 is 2.75 bits per heavy atom. The van der Waals surface area contributed by atoms with Crippen LogP contribution in [-0.2, 0) is 30.1 Å². The Bertz CT molecular complexity index is 958. The monoisotopic (exact) mass is 453 g/mol. The third-order valence-electron chi connectivity index (χ3n) is 5.38. The quantitative estimate of drug-likeness (QED) is 0.404. The summed E-state index contributed by atoms with van der Waals surface area (Å²) in [6.07, 6.45) is 4.27. The predicted molar refractivity (Wildman–Crippen MR) is 126 cm³/mol. The van der Waals surface area contributed by atoms with Crippen LogP contribution in [-0.4, -0.2) is 51.0 Å². The summed E-state index contributed by atoms with van der Waals surface area (Å²) in [5.41, 5.74) is 2.28. The Hall–Kier alpha value is -2.42. The first-order valence-corrected chi connectivity index (χ1v) is 12.2. The standard InChI is InChI=1S/C24H31N5O2S/c1-3-30-21-11-9-19(10-12-21)15-28(2)17-23-26-27-24(29(23)16-22-8-6-14-31-22)32-18-20-7-4-5-13-25-20/h4-5,7,9-13,22H,3,6,8,14-18H2,1-2H3/t22-/m1/s1. The summed E-state index contributed by atoms with van der Waals surface area (Å²) in [7, 11) is 2.11. The molecule has 1 saturated heterocycles. The molecule has 32 heavy (non-hydrogen) atoms. The molecule has 3 aromatic rings. The lowest BCUT2D eigenvalue weighted by molar-refractivity contribution is 0.0934. The van der Waals surface area contributed by atoms with E-state index in [0.29, 0.717) is 6.61 Å². The topological polar surface area (TPSA) is 65.3 Å². The molecular weight excluding hydrogens is 422 g/mol. The Balaban J connectivity index is 1.43. The van der Waals surface area contributed by atoms with Gasteiger partial charge in [-0.05, 0) is 56.6 Å². The first kappa shape index (κ1) is 22.8. The van der Waals surface area contributed by atoms with Crippen LogP contribution in [0.15, 0.2) is 53.8 Å². The van der Waals surface area contributed by atoms with Gasteiger partial charge in [-0.1, -0.05) is 30.0 Å². The highest BCUT2D eigenvalue weighted by Gasteiger charge is 2.22. The molecule has 4 rings (SSSR count). The van der Waals surface area contributed by atoms with Crippen LogP contribution in [0, 0.1) is 0 Å². The molecule has 0 amide bonds. The second kappa shape index (κ2) is 11.4. The molecule has 8 heteroatoms. The molecule has 170 valence electrons. The van der Waals surface area contributed by atoms with E-state index in [0.717, 1.165) is 67.3 Å². The van der Waals surface area contributed by atoms with Gasteiger partial charge in [-0.25, -0.2) is 0 Å². The van der Waals surface area contributed by atoms with Gasteiger partial charge in [0.05, 0.1) is 31.5 Å². The van der Waals surface area contributed by atoms with Crippen molar-refractivity contribution in [2.45, 2.75) is 56.4 Å². The fourth-order valence-electron chi connectivity index (χ4n) is 3.81. The molecule has 0 radical (unpaired) electrons. The molecule has 0 unspecified atom stereocenters. The van der Waals surface area contributed by atoms with Crippen LogP contribution in [0.3, 0.4) is 0 Å². The zero-order chi connectivity index (χ0) is 22.2. The van der Waals surface area contributed by atoms with Crippen molar-refractivity contribution in [2.75, 3.05) is 20.3 Å². The van der Waals surface area contributed by atoms with Crippen LogP contribution in [0.1, 0.15) is 36.8 Å². The van der Waals surface area contributed by atoms with Crippen molar-refractivity contribution in [2.24, 2.45) is 0 Å². The lowest BCUT2D eigenvalue weighted by atomic mass is 10.2. The number of thioether (sulfide) groups is 1. The summed E-state index contributed by atoms with van der Waals surface area (Å²) in [6, 6.07) is 14.3. The predicted octanol–water partition coefficient (Wildman–Crippen LogP) is 4.18. The highest BCUT2D eigenvalue weighted by molar-refractivity contribution is 7.98. The third kappa shape index (κ3) is 6.31. The summed E-state index contributed by atoms with van der Waals surface area (Å²) < 4.78 is 13.7.